The minimum absolute atomic E-state index is 0.0925. The summed E-state index contributed by atoms with van der Waals surface area (Å²) >= 11 is 2.77. The number of rotatable bonds is 6. The van der Waals surface area contributed by atoms with E-state index in [0.717, 1.165) is 44.6 Å². The summed E-state index contributed by atoms with van der Waals surface area (Å²) in [6.45, 7) is 4.21. The highest BCUT2D eigenvalue weighted by molar-refractivity contribution is 7.18. The fourth-order valence-electron chi connectivity index (χ4n) is 6.26. The molecule has 0 amide bonds. The first-order chi connectivity index (χ1) is 24.7. The molecule has 250 valence electrons. The van der Waals surface area contributed by atoms with Crippen molar-refractivity contribution in [2.75, 3.05) is 0 Å². The van der Waals surface area contributed by atoms with Crippen LogP contribution in [0.4, 0.5) is 0 Å². The molecule has 0 radical (unpaired) electrons. The van der Waals surface area contributed by atoms with Crippen molar-refractivity contribution in [3.05, 3.63) is 77.5 Å². The van der Waals surface area contributed by atoms with Crippen molar-refractivity contribution in [1.82, 2.24) is 54.7 Å². The zero-order chi connectivity index (χ0) is 35.0. The van der Waals surface area contributed by atoms with Crippen molar-refractivity contribution in [3.63, 3.8) is 0 Å². The number of thiophene rings is 2. The Bertz CT molecular complexity index is 2780. The zero-order valence-electron chi connectivity index (χ0n) is 27.6. The number of aromatic nitrogens is 11. The summed E-state index contributed by atoms with van der Waals surface area (Å²) in [7, 11) is 3.75. The van der Waals surface area contributed by atoms with E-state index in [-0.39, 0.29) is 17.7 Å². The van der Waals surface area contributed by atoms with Crippen molar-refractivity contribution in [2.45, 2.75) is 19.8 Å². The molecule has 9 rings (SSSR count). The van der Waals surface area contributed by atoms with Gasteiger partial charge in [-0.1, -0.05) is 31.2 Å². The standard InChI is InChI=1S/C36H27N11O2S2/c1-17(2)27-21(14-46(3)44-27)23-16-51-32-30(23)40-34(42-36(32)49)25-9-8-18(13-38-25)20-11-19(12-26-28(20)43-45-47(26)4)22-15-50-31-29(22)39-33(41-35(31)48)24-7-5-6-10-37-24/h5-17H,1-4H3,(H,39,41,48)(H,40,42,49). The number of benzene rings is 1. The minimum Gasteiger partial charge on any atom is -0.492 e. The topological polar surface area (TPSA) is 166 Å². The highest BCUT2D eigenvalue weighted by atomic mass is 32.1. The van der Waals surface area contributed by atoms with E-state index < -0.39 is 0 Å². The van der Waals surface area contributed by atoms with Gasteiger partial charge in [-0.15, -0.1) is 27.8 Å². The second-order valence-electron chi connectivity index (χ2n) is 12.4. The van der Waals surface area contributed by atoms with E-state index in [1.54, 1.807) is 21.8 Å². The van der Waals surface area contributed by atoms with Gasteiger partial charge in [0.2, 0.25) is 11.8 Å². The predicted molar refractivity (Wildman–Crippen MR) is 197 cm³/mol. The van der Waals surface area contributed by atoms with E-state index in [2.05, 4.69) is 44.2 Å². The first kappa shape index (κ1) is 30.8. The van der Waals surface area contributed by atoms with Crippen LogP contribution in [0, 0.1) is 0 Å². The molecule has 2 N–H and O–H groups in total. The van der Waals surface area contributed by atoms with E-state index in [4.69, 9.17) is 15.0 Å². The summed E-state index contributed by atoms with van der Waals surface area (Å²) in [5.41, 5.74) is 10.0. The predicted octanol–water partition coefficient (Wildman–Crippen LogP) is 7.37. The quantitative estimate of drug-likeness (QED) is 0.177. The summed E-state index contributed by atoms with van der Waals surface area (Å²) in [5.74, 6) is 0.674. The number of hydrogen-bond donors (Lipinski definition) is 2. The summed E-state index contributed by atoms with van der Waals surface area (Å²) < 4.78 is 4.72. The van der Waals surface area contributed by atoms with Gasteiger partial charge in [0.15, 0.2) is 11.6 Å². The monoisotopic (exact) mass is 709 g/mol. The van der Waals surface area contributed by atoms with E-state index in [1.807, 2.05) is 73.5 Å². The van der Waals surface area contributed by atoms with Crippen LogP contribution in [-0.4, -0.2) is 64.9 Å². The van der Waals surface area contributed by atoms with Gasteiger partial charge in [0.05, 0.1) is 22.2 Å². The zero-order valence-corrected chi connectivity index (χ0v) is 29.3. The molecule has 0 fully saturated rings. The first-order valence-electron chi connectivity index (χ1n) is 16.0. The van der Waals surface area contributed by atoms with Crippen LogP contribution in [0.15, 0.2) is 71.8 Å². The van der Waals surface area contributed by atoms with Crippen LogP contribution in [0.1, 0.15) is 25.5 Å². The van der Waals surface area contributed by atoms with E-state index in [9.17, 15) is 10.2 Å². The second-order valence-corrected chi connectivity index (χ2v) is 14.2. The van der Waals surface area contributed by atoms with Crippen LogP contribution in [-0.2, 0) is 14.1 Å². The van der Waals surface area contributed by atoms with Crippen LogP contribution in [0.25, 0.3) is 87.9 Å². The Morgan fingerprint density at radius 2 is 1.41 bits per heavy atom. The fraction of sp³-hybridized carbons (Fsp3) is 0.139. The van der Waals surface area contributed by atoms with Crippen LogP contribution in [0.5, 0.6) is 11.8 Å². The lowest BCUT2D eigenvalue weighted by Gasteiger charge is -2.09. The number of aryl methyl sites for hydroxylation is 2. The van der Waals surface area contributed by atoms with E-state index in [0.29, 0.717) is 49.0 Å². The van der Waals surface area contributed by atoms with E-state index >= 15 is 0 Å². The largest absolute Gasteiger partial charge is 0.492 e. The average Bonchev–Trinajstić information content (AvgIpc) is 3.94. The summed E-state index contributed by atoms with van der Waals surface area (Å²) in [4.78, 5) is 27.6. The molecule has 1 aromatic carbocycles. The summed E-state index contributed by atoms with van der Waals surface area (Å²) in [5, 5.41) is 39.2. The molecular formula is C36H27N11O2S2. The van der Waals surface area contributed by atoms with Crippen LogP contribution < -0.4 is 0 Å². The lowest BCUT2D eigenvalue weighted by atomic mass is 9.98. The molecule has 51 heavy (non-hydrogen) atoms. The number of pyridine rings is 2. The maximum Gasteiger partial charge on any atom is 0.233 e. The molecule has 15 heteroatoms. The third-order valence-corrected chi connectivity index (χ3v) is 10.6. The van der Waals surface area contributed by atoms with Crippen molar-refractivity contribution in [1.29, 1.82) is 0 Å². The van der Waals surface area contributed by atoms with Crippen molar-refractivity contribution in [3.8, 4) is 68.2 Å². The van der Waals surface area contributed by atoms with Gasteiger partial charge >= 0.3 is 0 Å². The number of nitrogens with zero attached hydrogens (tertiary/aromatic N) is 11. The Morgan fingerprint density at radius 3 is 2.08 bits per heavy atom. The molecular weight excluding hydrogens is 683 g/mol. The van der Waals surface area contributed by atoms with Crippen LogP contribution in [0.3, 0.4) is 0 Å². The Kier molecular flexibility index (Phi) is 7.08. The fourth-order valence-corrected chi connectivity index (χ4v) is 8.05. The van der Waals surface area contributed by atoms with Gasteiger partial charge in [-0.25, -0.2) is 14.6 Å². The molecule has 0 aliphatic rings. The smallest absolute Gasteiger partial charge is 0.233 e. The first-order valence-corrected chi connectivity index (χ1v) is 17.7. The third-order valence-electron chi connectivity index (χ3n) is 8.72. The summed E-state index contributed by atoms with van der Waals surface area (Å²) in [6, 6.07) is 13.3. The van der Waals surface area contributed by atoms with Crippen molar-refractivity contribution < 1.29 is 10.2 Å². The van der Waals surface area contributed by atoms with Gasteiger partial charge < -0.3 is 10.2 Å². The Balaban J connectivity index is 1.14. The third kappa shape index (κ3) is 5.08. The highest BCUT2D eigenvalue weighted by Crippen LogP contribution is 2.42. The van der Waals surface area contributed by atoms with Gasteiger partial charge in [-0.05, 0) is 41.8 Å². The summed E-state index contributed by atoms with van der Waals surface area (Å²) in [6.07, 6.45) is 5.40. The van der Waals surface area contributed by atoms with Gasteiger partial charge in [-0.2, -0.15) is 15.1 Å². The normalized spacial score (nSPS) is 11.9. The molecule has 0 spiro atoms. The van der Waals surface area contributed by atoms with Gasteiger partial charge in [0.25, 0.3) is 0 Å². The molecule has 0 aliphatic carbocycles. The number of fused-ring (bicyclic) bond motifs is 3. The second kappa shape index (κ2) is 11.7. The molecule has 0 atom stereocenters. The van der Waals surface area contributed by atoms with E-state index in [1.165, 1.54) is 22.7 Å². The number of aromatic hydroxyl groups is 2. The Hall–Kier alpha value is -6.19. The molecule has 0 unspecified atom stereocenters. The molecule has 13 nitrogen and oxygen atoms in total. The lowest BCUT2D eigenvalue weighted by molar-refractivity contribution is 0.460. The van der Waals surface area contributed by atoms with Gasteiger partial charge in [-0.3, -0.25) is 14.6 Å². The Morgan fingerprint density at radius 1 is 0.706 bits per heavy atom. The molecule has 0 aliphatic heterocycles. The van der Waals surface area contributed by atoms with Gasteiger partial charge in [0.1, 0.15) is 26.3 Å². The number of hydrogen-bond acceptors (Lipinski definition) is 13. The van der Waals surface area contributed by atoms with Crippen LogP contribution in [0.2, 0.25) is 0 Å². The van der Waals surface area contributed by atoms with Crippen LogP contribution >= 0.6 is 22.7 Å². The molecule has 0 bridgehead atoms. The average molecular weight is 710 g/mol. The van der Waals surface area contributed by atoms with Gasteiger partial charge in [0, 0.05) is 71.3 Å². The van der Waals surface area contributed by atoms with Crippen molar-refractivity contribution in [2.24, 2.45) is 14.1 Å². The van der Waals surface area contributed by atoms with Crippen molar-refractivity contribution >= 4 is 54.1 Å². The highest BCUT2D eigenvalue weighted by Gasteiger charge is 2.22. The SMILES string of the molecule is CC(C)c1nn(C)cc1-c1csc2c(O)nc(-c3ccc(-c4cc(-c5csc6c(O)nc(-c7ccccn7)nc56)cc5c4nnn5C)cn3)nc12. The molecule has 8 aromatic heterocycles. The minimum atomic E-state index is -0.0954. The molecule has 9 aromatic rings. The Labute approximate surface area is 297 Å². The maximum atomic E-state index is 11.0. The lowest BCUT2D eigenvalue weighted by Crippen LogP contribution is -1.95. The molecule has 0 saturated heterocycles. The molecule has 8 heterocycles. The molecule has 0 saturated carbocycles. The maximum absolute atomic E-state index is 11.0.